The van der Waals surface area contributed by atoms with Crippen LogP contribution in [0, 0.1) is 0 Å². The number of aliphatic hydroxyl groups is 1. The van der Waals surface area contributed by atoms with Crippen molar-refractivity contribution in [3.8, 4) is 0 Å². The maximum atomic E-state index is 9.26. The van der Waals surface area contributed by atoms with Crippen LogP contribution in [0.25, 0.3) is 11.1 Å². The van der Waals surface area contributed by atoms with Crippen molar-refractivity contribution < 1.29 is 26.7 Å². The Morgan fingerprint density at radius 2 is 1.50 bits per heavy atom. The van der Waals surface area contributed by atoms with E-state index >= 15 is 0 Å². The number of pyridine rings is 1. The molecule has 0 radical (unpaired) electrons. The number of aliphatic imine (C=N–C) groups is 1. The van der Waals surface area contributed by atoms with Crippen LogP contribution in [0.2, 0.25) is 0 Å². The van der Waals surface area contributed by atoms with Crippen molar-refractivity contribution >= 4 is 28.5 Å². The third-order valence-electron chi connectivity index (χ3n) is 5.34. The van der Waals surface area contributed by atoms with Gasteiger partial charge < -0.3 is 27.8 Å². The topological polar surface area (TPSA) is 80.3 Å². The number of nitrogens with zero attached hydrogens (tertiary/aromatic N) is 4. The first-order valence-corrected chi connectivity index (χ1v) is 10.2. The number of fused-ring (bicyclic) bond motifs is 1. The van der Waals surface area contributed by atoms with E-state index in [-0.39, 0.29) is 23.6 Å². The van der Waals surface area contributed by atoms with Gasteiger partial charge in [-0.05, 0) is 28.3 Å². The van der Waals surface area contributed by atoms with E-state index in [1.54, 1.807) is 10.9 Å². The summed E-state index contributed by atoms with van der Waals surface area (Å²) in [5.41, 5.74) is 12.3. The average molecular weight is 488 g/mol. The normalized spacial score (nSPS) is 13.8. The zero-order valence-electron chi connectivity index (χ0n) is 17.3. The van der Waals surface area contributed by atoms with E-state index in [0.717, 1.165) is 33.8 Å². The van der Waals surface area contributed by atoms with Gasteiger partial charge in [0.15, 0.2) is 5.82 Å². The molecule has 0 spiro atoms. The van der Waals surface area contributed by atoms with Crippen LogP contribution in [0.3, 0.4) is 0 Å². The van der Waals surface area contributed by atoms with Crippen LogP contribution in [0.5, 0.6) is 0 Å². The van der Waals surface area contributed by atoms with Gasteiger partial charge in [0.25, 0.3) is 0 Å². The lowest BCUT2D eigenvalue weighted by molar-refractivity contribution is -0.553. The van der Waals surface area contributed by atoms with Crippen LogP contribution in [0.15, 0.2) is 96.2 Å². The maximum Gasteiger partial charge on any atom is 0.337 e. The van der Waals surface area contributed by atoms with Crippen LogP contribution >= 0.6 is 0 Å². The first kappa shape index (κ1) is 21.7. The van der Waals surface area contributed by atoms with Crippen molar-refractivity contribution in [1.29, 1.82) is 0 Å². The zero-order chi connectivity index (χ0) is 21.2. The highest BCUT2D eigenvalue weighted by atomic mass is 79.9. The molecule has 4 aromatic rings. The van der Waals surface area contributed by atoms with Gasteiger partial charge in [0.2, 0.25) is 5.69 Å². The number of hydrogen-bond donors (Lipinski definition) is 2. The van der Waals surface area contributed by atoms with Gasteiger partial charge in [-0.25, -0.2) is 4.68 Å². The van der Waals surface area contributed by atoms with Gasteiger partial charge >= 0.3 is 5.84 Å². The molecule has 32 heavy (non-hydrogen) atoms. The molecule has 3 heterocycles. The second kappa shape index (κ2) is 9.30. The summed E-state index contributed by atoms with van der Waals surface area (Å²) in [6.07, 6.45) is 3.66. The third kappa shape index (κ3) is 3.77. The number of benzene rings is 2. The number of halogens is 1. The van der Waals surface area contributed by atoms with Crippen molar-refractivity contribution in [2.75, 3.05) is 12.3 Å². The molecule has 7 heteroatoms. The van der Waals surface area contributed by atoms with Crippen LogP contribution in [-0.2, 0) is 6.54 Å². The van der Waals surface area contributed by atoms with Gasteiger partial charge in [0, 0.05) is 5.57 Å². The molecule has 2 aromatic heterocycles. The number of nitrogen functional groups attached to an aromatic ring is 1. The average Bonchev–Trinajstić information content (AvgIpc) is 3.34. The van der Waals surface area contributed by atoms with Crippen LogP contribution in [0.1, 0.15) is 16.8 Å². The Morgan fingerprint density at radius 1 is 0.875 bits per heavy atom. The van der Waals surface area contributed by atoms with E-state index in [1.165, 1.54) is 0 Å². The fraction of sp³-hybridized carbons (Fsp3) is 0.0800. The maximum absolute atomic E-state index is 9.26. The smallest absolute Gasteiger partial charge is 0.337 e. The van der Waals surface area contributed by atoms with Crippen molar-refractivity contribution in [1.82, 2.24) is 9.78 Å². The first-order valence-electron chi connectivity index (χ1n) is 10.2. The molecular formula is C25H22BrN5O. The van der Waals surface area contributed by atoms with Crippen molar-refractivity contribution in [3.05, 3.63) is 108 Å². The van der Waals surface area contributed by atoms with Gasteiger partial charge in [-0.15, -0.1) is 0 Å². The molecule has 0 aliphatic carbocycles. The second-order valence-electron chi connectivity index (χ2n) is 7.24. The molecule has 3 N–H and O–H groups in total. The van der Waals surface area contributed by atoms with E-state index in [4.69, 9.17) is 10.7 Å². The quantitative estimate of drug-likeness (QED) is 0.397. The Balaban J connectivity index is 0.00000245. The van der Waals surface area contributed by atoms with E-state index in [1.807, 2.05) is 54.7 Å². The number of aromatic nitrogens is 3. The molecule has 0 atom stereocenters. The van der Waals surface area contributed by atoms with Crippen LogP contribution in [0.4, 0.5) is 11.5 Å². The Morgan fingerprint density at radius 3 is 2.16 bits per heavy atom. The minimum absolute atomic E-state index is 0. The Labute approximate surface area is 196 Å². The van der Waals surface area contributed by atoms with Gasteiger partial charge in [-0.3, -0.25) is 0 Å². The SMILES string of the molecule is Nc1c(N=C2C(c3ccccc3)=C(c3ccccc3)c3cccc[n+]32)cnn1CCO.[Br-]. The van der Waals surface area contributed by atoms with Crippen LogP contribution in [-0.4, -0.2) is 27.3 Å². The highest BCUT2D eigenvalue weighted by Crippen LogP contribution is 2.36. The minimum atomic E-state index is -0.0349. The number of aliphatic hydroxyl groups excluding tert-OH is 1. The van der Waals surface area contributed by atoms with E-state index in [9.17, 15) is 5.11 Å². The molecule has 5 rings (SSSR count). The highest BCUT2D eigenvalue weighted by molar-refractivity contribution is 6.30. The summed E-state index contributed by atoms with van der Waals surface area (Å²) < 4.78 is 3.66. The number of anilines is 1. The Kier molecular flexibility index (Phi) is 6.30. The molecule has 160 valence electrons. The molecular weight excluding hydrogens is 466 g/mol. The summed E-state index contributed by atoms with van der Waals surface area (Å²) in [5, 5.41) is 13.5. The molecule has 0 amide bonds. The lowest BCUT2D eigenvalue weighted by Gasteiger charge is -2.05. The number of nitrogens with two attached hydrogens (primary N) is 1. The summed E-state index contributed by atoms with van der Waals surface area (Å²) in [6, 6.07) is 26.7. The summed E-state index contributed by atoms with van der Waals surface area (Å²) >= 11 is 0. The van der Waals surface area contributed by atoms with Gasteiger partial charge in [0.05, 0.1) is 24.9 Å². The largest absolute Gasteiger partial charge is 1.00 e. The fourth-order valence-corrected chi connectivity index (χ4v) is 3.94. The van der Waals surface area contributed by atoms with Crippen molar-refractivity contribution in [3.63, 3.8) is 0 Å². The first-order chi connectivity index (χ1) is 15.3. The summed E-state index contributed by atoms with van der Waals surface area (Å²) in [4.78, 5) is 4.97. The zero-order valence-corrected chi connectivity index (χ0v) is 18.9. The summed E-state index contributed by atoms with van der Waals surface area (Å²) in [5.74, 6) is 1.22. The Bertz CT molecular complexity index is 1300. The van der Waals surface area contributed by atoms with E-state index < -0.39 is 0 Å². The lowest BCUT2D eigenvalue weighted by atomic mass is 9.94. The minimum Gasteiger partial charge on any atom is -1.00 e. The summed E-state index contributed by atoms with van der Waals surface area (Å²) in [6.45, 7) is 0.295. The van der Waals surface area contributed by atoms with Crippen molar-refractivity contribution in [2.45, 2.75) is 6.54 Å². The lowest BCUT2D eigenvalue weighted by Crippen LogP contribution is -3.00. The molecule has 0 unspecified atom stereocenters. The van der Waals surface area contributed by atoms with Gasteiger partial charge in [-0.2, -0.15) is 9.67 Å². The molecule has 1 aliphatic heterocycles. The second-order valence-corrected chi connectivity index (χ2v) is 7.24. The predicted molar refractivity (Wildman–Crippen MR) is 122 cm³/mol. The highest BCUT2D eigenvalue weighted by Gasteiger charge is 2.37. The predicted octanol–water partition coefficient (Wildman–Crippen LogP) is 0.300. The van der Waals surface area contributed by atoms with E-state index in [2.05, 4.69) is 40.0 Å². The number of rotatable bonds is 5. The molecule has 0 fully saturated rings. The van der Waals surface area contributed by atoms with Crippen molar-refractivity contribution in [2.24, 2.45) is 4.99 Å². The Hall–Kier alpha value is -3.55. The molecule has 2 aromatic carbocycles. The molecule has 0 bridgehead atoms. The third-order valence-corrected chi connectivity index (χ3v) is 5.34. The molecule has 1 aliphatic rings. The molecule has 6 nitrogen and oxygen atoms in total. The number of allylic oxidation sites excluding steroid dienone is 1. The molecule has 0 saturated heterocycles. The summed E-state index contributed by atoms with van der Waals surface area (Å²) in [7, 11) is 0. The standard InChI is InChI=1S/C25H21N5O.BrH/c26-24-20(17-27-30(24)15-16-31)28-25-23(19-11-5-2-6-12-19)22(18-9-3-1-4-10-18)21-13-7-8-14-29(21)25;/h1-14,17,26,31H,15-16H2;1H. The van der Waals surface area contributed by atoms with E-state index in [0.29, 0.717) is 18.1 Å². The van der Waals surface area contributed by atoms with Gasteiger partial charge in [-0.1, -0.05) is 66.7 Å². The molecule has 0 saturated carbocycles. The van der Waals surface area contributed by atoms with Gasteiger partial charge in [0.1, 0.15) is 11.9 Å². The monoisotopic (exact) mass is 487 g/mol. The number of hydrogen-bond acceptors (Lipinski definition) is 4. The fourth-order valence-electron chi connectivity index (χ4n) is 3.94. The van der Waals surface area contributed by atoms with Crippen LogP contribution < -0.4 is 27.3 Å².